The van der Waals surface area contributed by atoms with E-state index in [0.717, 1.165) is 35.7 Å². The summed E-state index contributed by atoms with van der Waals surface area (Å²) < 4.78 is 5.39. The topological polar surface area (TPSA) is 55.3 Å². The van der Waals surface area contributed by atoms with Gasteiger partial charge in [0.2, 0.25) is 11.8 Å². The first-order valence-electron chi connectivity index (χ1n) is 8.34. The lowest BCUT2D eigenvalue weighted by atomic mass is 9.88. The van der Waals surface area contributed by atoms with Crippen LogP contribution in [0.2, 0.25) is 0 Å². The molecule has 24 heavy (non-hydrogen) atoms. The van der Waals surface area contributed by atoms with Gasteiger partial charge in [0.05, 0.1) is 17.7 Å². The molecular weight excluding hydrogens is 342 g/mol. The molecule has 1 aliphatic carbocycles. The Morgan fingerprint density at radius 2 is 2.21 bits per heavy atom. The van der Waals surface area contributed by atoms with E-state index in [4.69, 9.17) is 4.74 Å². The standard InChI is InChI=1S/C17H23N3O2S2/c1-22-15-13(11-18-17(19-15)23-2)10-14-20(8-9-24-14)16(21)12-6-4-3-5-7-12/h10-12H,3-9H2,1-2H3/b14-10+. The van der Waals surface area contributed by atoms with Gasteiger partial charge in [-0.3, -0.25) is 4.79 Å². The van der Waals surface area contributed by atoms with Crippen LogP contribution in [0.1, 0.15) is 37.7 Å². The van der Waals surface area contributed by atoms with Gasteiger partial charge < -0.3 is 9.64 Å². The summed E-state index contributed by atoms with van der Waals surface area (Å²) in [6.07, 6.45) is 11.4. The van der Waals surface area contributed by atoms with Gasteiger partial charge in [-0.05, 0) is 25.2 Å². The molecular formula is C17H23N3O2S2. The van der Waals surface area contributed by atoms with Crippen molar-refractivity contribution < 1.29 is 9.53 Å². The minimum atomic E-state index is 0.192. The van der Waals surface area contributed by atoms with Crippen molar-refractivity contribution in [2.24, 2.45) is 5.92 Å². The largest absolute Gasteiger partial charge is 0.480 e. The maximum Gasteiger partial charge on any atom is 0.230 e. The summed E-state index contributed by atoms with van der Waals surface area (Å²) in [5.41, 5.74) is 0.821. The van der Waals surface area contributed by atoms with Crippen molar-refractivity contribution >= 4 is 35.5 Å². The van der Waals surface area contributed by atoms with Gasteiger partial charge >= 0.3 is 0 Å². The molecule has 2 heterocycles. The van der Waals surface area contributed by atoms with Gasteiger partial charge in [-0.2, -0.15) is 4.98 Å². The average molecular weight is 366 g/mol. The van der Waals surface area contributed by atoms with Crippen LogP contribution < -0.4 is 4.74 Å². The quantitative estimate of drug-likeness (QED) is 0.599. The van der Waals surface area contributed by atoms with Crippen LogP contribution in [0.25, 0.3) is 6.08 Å². The Morgan fingerprint density at radius 1 is 1.42 bits per heavy atom. The first kappa shape index (κ1) is 17.6. The third-order valence-corrected chi connectivity index (χ3v) is 6.05. The second-order valence-electron chi connectivity index (χ2n) is 5.98. The predicted octanol–water partition coefficient (Wildman–Crippen LogP) is 3.66. The minimum Gasteiger partial charge on any atom is -0.480 e. The van der Waals surface area contributed by atoms with E-state index in [1.807, 2.05) is 17.2 Å². The fourth-order valence-corrected chi connectivity index (χ4v) is 4.55. The van der Waals surface area contributed by atoms with Gasteiger partial charge in [-0.15, -0.1) is 11.8 Å². The number of amides is 1. The summed E-state index contributed by atoms with van der Waals surface area (Å²) in [6.45, 7) is 0.790. The Hall–Kier alpha value is -1.21. The second-order valence-corrected chi connectivity index (χ2v) is 7.87. The summed E-state index contributed by atoms with van der Waals surface area (Å²) in [4.78, 5) is 23.5. The highest BCUT2D eigenvalue weighted by atomic mass is 32.2. The van der Waals surface area contributed by atoms with Gasteiger partial charge in [0, 0.05) is 24.4 Å². The molecule has 2 aliphatic rings. The van der Waals surface area contributed by atoms with Crippen LogP contribution in [-0.4, -0.2) is 46.4 Å². The molecule has 0 unspecified atom stereocenters. The third-order valence-electron chi connectivity index (χ3n) is 4.46. The number of hydrogen-bond donors (Lipinski definition) is 0. The van der Waals surface area contributed by atoms with E-state index in [1.165, 1.54) is 31.0 Å². The van der Waals surface area contributed by atoms with E-state index in [1.54, 1.807) is 25.1 Å². The molecule has 2 fully saturated rings. The first-order chi connectivity index (χ1) is 11.7. The molecule has 1 aromatic rings. The molecule has 1 saturated carbocycles. The molecule has 1 saturated heterocycles. The Bertz CT molecular complexity index is 630. The highest BCUT2D eigenvalue weighted by Gasteiger charge is 2.31. The van der Waals surface area contributed by atoms with Gasteiger partial charge in [-0.1, -0.05) is 31.0 Å². The minimum absolute atomic E-state index is 0.192. The summed E-state index contributed by atoms with van der Waals surface area (Å²) in [7, 11) is 1.61. The smallest absolute Gasteiger partial charge is 0.230 e. The van der Waals surface area contributed by atoms with Crippen molar-refractivity contribution in [3.63, 3.8) is 0 Å². The van der Waals surface area contributed by atoms with E-state index in [2.05, 4.69) is 9.97 Å². The van der Waals surface area contributed by atoms with Crippen molar-refractivity contribution in [1.29, 1.82) is 0 Å². The fraction of sp³-hybridized carbons (Fsp3) is 0.588. The molecule has 0 N–H and O–H groups in total. The number of carbonyl (C=O) groups is 1. The molecule has 7 heteroatoms. The van der Waals surface area contributed by atoms with E-state index in [9.17, 15) is 4.79 Å². The van der Waals surface area contributed by atoms with Crippen molar-refractivity contribution in [2.75, 3.05) is 25.7 Å². The normalized spacial score (nSPS) is 20.6. The molecule has 1 aromatic heterocycles. The summed E-state index contributed by atoms with van der Waals surface area (Å²) in [6, 6.07) is 0. The number of nitrogens with zero attached hydrogens (tertiary/aromatic N) is 3. The Morgan fingerprint density at radius 3 is 2.92 bits per heavy atom. The van der Waals surface area contributed by atoms with Gasteiger partial charge in [-0.25, -0.2) is 4.98 Å². The average Bonchev–Trinajstić information content (AvgIpc) is 3.10. The lowest BCUT2D eigenvalue weighted by molar-refractivity contribution is -0.133. The van der Waals surface area contributed by atoms with Crippen LogP contribution in [0.5, 0.6) is 5.88 Å². The van der Waals surface area contributed by atoms with Crippen LogP contribution in [0.4, 0.5) is 0 Å². The summed E-state index contributed by atoms with van der Waals surface area (Å²) in [5, 5.41) is 1.67. The van der Waals surface area contributed by atoms with E-state index in [-0.39, 0.29) is 11.8 Å². The monoisotopic (exact) mass is 365 g/mol. The first-order valence-corrected chi connectivity index (χ1v) is 10.5. The van der Waals surface area contributed by atoms with Crippen molar-refractivity contribution in [1.82, 2.24) is 14.9 Å². The Labute approximate surface area is 151 Å². The molecule has 0 aromatic carbocycles. The highest BCUT2D eigenvalue weighted by molar-refractivity contribution is 8.03. The number of rotatable bonds is 4. The Kier molecular flexibility index (Phi) is 6.05. The molecule has 0 radical (unpaired) electrons. The zero-order valence-electron chi connectivity index (χ0n) is 14.2. The van der Waals surface area contributed by atoms with Crippen molar-refractivity contribution in [2.45, 2.75) is 37.3 Å². The van der Waals surface area contributed by atoms with Crippen LogP contribution in [0, 0.1) is 5.92 Å². The molecule has 130 valence electrons. The van der Waals surface area contributed by atoms with Crippen LogP contribution in [0.15, 0.2) is 16.4 Å². The number of ether oxygens (including phenoxy) is 1. The zero-order valence-corrected chi connectivity index (χ0v) is 15.8. The third kappa shape index (κ3) is 3.88. The molecule has 3 rings (SSSR count). The van der Waals surface area contributed by atoms with Gasteiger partial charge in [0.1, 0.15) is 0 Å². The van der Waals surface area contributed by atoms with Crippen LogP contribution >= 0.6 is 23.5 Å². The van der Waals surface area contributed by atoms with E-state index < -0.39 is 0 Å². The molecule has 1 amide bonds. The lowest BCUT2D eigenvalue weighted by Crippen LogP contribution is -2.34. The number of thioether (sulfide) groups is 2. The summed E-state index contributed by atoms with van der Waals surface area (Å²) >= 11 is 3.20. The highest BCUT2D eigenvalue weighted by Crippen LogP contribution is 2.35. The van der Waals surface area contributed by atoms with Crippen LogP contribution in [-0.2, 0) is 4.79 Å². The van der Waals surface area contributed by atoms with Crippen LogP contribution in [0.3, 0.4) is 0 Å². The van der Waals surface area contributed by atoms with Gasteiger partial charge in [0.15, 0.2) is 5.16 Å². The van der Waals surface area contributed by atoms with Crippen molar-refractivity contribution in [3.05, 3.63) is 16.8 Å². The number of aromatic nitrogens is 2. The predicted molar refractivity (Wildman–Crippen MR) is 99.1 cm³/mol. The number of methoxy groups -OCH3 is 1. The van der Waals surface area contributed by atoms with E-state index >= 15 is 0 Å². The molecule has 1 aliphatic heterocycles. The Balaban J connectivity index is 1.82. The maximum absolute atomic E-state index is 12.9. The summed E-state index contributed by atoms with van der Waals surface area (Å²) in [5.74, 6) is 1.97. The van der Waals surface area contributed by atoms with Gasteiger partial charge in [0.25, 0.3) is 0 Å². The maximum atomic E-state index is 12.9. The number of hydrogen-bond acceptors (Lipinski definition) is 6. The molecule has 5 nitrogen and oxygen atoms in total. The second kappa shape index (κ2) is 8.25. The molecule has 0 spiro atoms. The molecule has 0 atom stereocenters. The van der Waals surface area contributed by atoms with E-state index in [0.29, 0.717) is 11.0 Å². The number of carbonyl (C=O) groups excluding carboxylic acids is 1. The van der Waals surface area contributed by atoms with Crippen molar-refractivity contribution in [3.8, 4) is 5.88 Å². The zero-order chi connectivity index (χ0) is 16.9. The lowest BCUT2D eigenvalue weighted by Gasteiger charge is -2.26. The SMILES string of the molecule is COc1nc(SC)ncc1/C=C1/SCCN1C(=O)C1CCCCC1. The fourth-order valence-electron chi connectivity index (χ4n) is 3.19. The molecule has 0 bridgehead atoms.